The molecule has 238 valence electrons. The van der Waals surface area contributed by atoms with Gasteiger partial charge in [0.2, 0.25) is 0 Å². The number of benzene rings is 1. The van der Waals surface area contributed by atoms with Crippen molar-refractivity contribution in [2.75, 3.05) is 44.7 Å². The summed E-state index contributed by atoms with van der Waals surface area (Å²) in [5, 5.41) is 18.5. The number of carbonyl (C=O) groups is 1. The number of nitrogens with zero attached hydrogens (tertiary/aromatic N) is 6. The second-order valence-corrected chi connectivity index (χ2v) is 14.0. The Bertz CT molecular complexity index is 1520. The third kappa shape index (κ3) is 6.36. The third-order valence-electron chi connectivity index (χ3n) is 10.4. The summed E-state index contributed by atoms with van der Waals surface area (Å²) < 4.78 is 41.2. The van der Waals surface area contributed by atoms with E-state index >= 15 is 0 Å². The van der Waals surface area contributed by atoms with Gasteiger partial charge in [0.05, 0.1) is 11.8 Å². The van der Waals surface area contributed by atoms with Crippen LogP contribution in [-0.4, -0.2) is 75.8 Å². The SMILES string of the molecule is CN(CC12CC3CC(CC(C3)C1)C2)C(=O)c1ccc(N2CCN(Cc3cc(-c4cncc(O)c4)cc(C(F)(F)F)c3)CC2)nn1. The monoisotopic (exact) mass is 620 g/mol. The van der Waals surface area contributed by atoms with Crippen LogP contribution in [0.4, 0.5) is 19.0 Å². The van der Waals surface area contributed by atoms with Crippen molar-refractivity contribution >= 4 is 11.7 Å². The largest absolute Gasteiger partial charge is 0.506 e. The lowest BCUT2D eigenvalue weighted by Crippen LogP contribution is -2.51. The van der Waals surface area contributed by atoms with E-state index < -0.39 is 11.7 Å². The molecule has 4 saturated carbocycles. The van der Waals surface area contributed by atoms with Crippen LogP contribution in [0.2, 0.25) is 0 Å². The van der Waals surface area contributed by atoms with Crippen molar-refractivity contribution < 1.29 is 23.1 Å². The van der Waals surface area contributed by atoms with Gasteiger partial charge in [-0.15, -0.1) is 10.2 Å². The average molecular weight is 621 g/mol. The normalized spacial score (nSPS) is 26.3. The molecule has 8 rings (SSSR count). The molecule has 0 radical (unpaired) electrons. The van der Waals surface area contributed by atoms with E-state index in [0.29, 0.717) is 60.9 Å². The molecule has 0 spiro atoms. The Morgan fingerprint density at radius 2 is 1.62 bits per heavy atom. The highest BCUT2D eigenvalue weighted by Gasteiger charge is 2.51. The molecule has 5 fully saturated rings. The number of alkyl halides is 3. The Morgan fingerprint density at radius 1 is 0.933 bits per heavy atom. The van der Waals surface area contributed by atoms with Gasteiger partial charge in [0, 0.05) is 58.1 Å². The minimum atomic E-state index is -4.50. The fourth-order valence-corrected chi connectivity index (χ4v) is 8.95. The molecule has 8 nitrogen and oxygen atoms in total. The fraction of sp³-hybridized carbons (Fsp3) is 0.529. The van der Waals surface area contributed by atoms with Crippen LogP contribution in [0.15, 0.2) is 48.8 Å². The van der Waals surface area contributed by atoms with Gasteiger partial charge in [0.25, 0.3) is 5.91 Å². The van der Waals surface area contributed by atoms with Crippen LogP contribution < -0.4 is 4.90 Å². The zero-order valence-corrected chi connectivity index (χ0v) is 25.5. The zero-order valence-electron chi connectivity index (χ0n) is 25.5. The highest BCUT2D eigenvalue weighted by atomic mass is 19.4. The summed E-state index contributed by atoms with van der Waals surface area (Å²) in [6.07, 6.45) is 6.07. The number of pyridine rings is 1. The van der Waals surface area contributed by atoms with E-state index in [-0.39, 0.29) is 17.1 Å². The van der Waals surface area contributed by atoms with Crippen molar-refractivity contribution in [2.24, 2.45) is 23.2 Å². The maximum Gasteiger partial charge on any atom is 0.416 e. The van der Waals surface area contributed by atoms with E-state index in [9.17, 15) is 23.1 Å². The molecule has 11 heteroatoms. The van der Waals surface area contributed by atoms with Gasteiger partial charge in [0.15, 0.2) is 11.5 Å². The predicted octanol–water partition coefficient (Wildman–Crippen LogP) is 5.87. The van der Waals surface area contributed by atoms with Crippen molar-refractivity contribution in [1.29, 1.82) is 0 Å². The Balaban J connectivity index is 0.963. The lowest BCUT2D eigenvalue weighted by atomic mass is 9.49. The van der Waals surface area contributed by atoms with E-state index in [1.165, 1.54) is 63.1 Å². The first-order chi connectivity index (χ1) is 21.5. The van der Waals surface area contributed by atoms with Crippen molar-refractivity contribution in [3.63, 3.8) is 0 Å². The molecule has 1 saturated heterocycles. The van der Waals surface area contributed by atoms with Gasteiger partial charge < -0.3 is 14.9 Å². The molecule has 4 aliphatic carbocycles. The molecular weight excluding hydrogens is 581 g/mol. The van der Waals surface area contributed by atoms with E-state index in [1.54, 1.807) is 12.1 Å². The van der Waals surface area contributed by atoms with Gasteiger partial charge in [-0.05, 0) is 109 Å². The number of carbonyl (C=O) groups excluding carboxylic acids is 1. The molecule has 2 aromatic heterocycles. The molecule has 1 aliphatic heterocycles. The highest BCUT2D eigenvalue weighted by Crippen LogP contribution is 2.60. The van der Waals surface area contributed by atoms with E-state index in [1.807, 2.05) is 18.0 Å². The fourth-order valence-electron chi connectivity index (χ4n) is 8.95. The first-order valence-corrected chi connectivity index (χ1v) is 15.9. The van der Waals surface area contributed by atoms with Gasteiger partial charge in [-0.25, -0.2) is 0 Å². The molecule has 1 aromatic carbocycles. The molecule has 0 atom stereocenters. The van der Waals surface area contributed by atoms with Gasteiger partial charge in [0.1, 0.15) is 5.75 Å². The second-order valence-electron chi connectivity index (χ2n) is 14.0. The Kier molecular flexibility index (Phi) is 7.70. The summed E-state index contributed by atoms with van der Waals surface area (Å²) >= 11 is 0. The second kappa shape index (κ2) is 11.6. The van der Waals surface area contributed by atoms with Crippen molar-refractivity contribution in [1.82, 2.24) is 25.0 Å². The van der Waals surface area contributed by atoms with Crippen LogP contribution >= 0.6 is 0 Å². The summed E-state index contributed by atoms with van der Waals surface area (Å²) in [7, 11) is 1.89. The average Bonchev–Trinajstić information content (AvgIpc) is 3.00. The summed E-state index contributed by atoms with van der Waals surface area (Å²) in [4.78, 5) is 23.3. The highest BCUT2D eigenvalue weighted by molar-refractivity contribution is 5.92. The van der Waals surface area contributed by atoms with Crippen LogP contribution in [0, 0.1) is 23.2 Å². The van der Waals surface area contributed by atoms with E-state index in [2.05, 4.69) is 25.0 Å². The number of aromatic hydroxyl groups is 1. The van der Waals surface area contributed by atoms with Crippen molar-refractivity contribution in [3.05, 3.63) is 65.6 Å². The smallest absolute Gasteiger partial charge is 0.416 e. The number of amides is 1. The van der Waals surface area contributed by atoms with Crippen LogP contribution in [-0.2, 0) is 12.7 Å². The Morgan fingerprint density at radius 3 is 2.22 bits per heavy atom. The number of hydrogen-bond donors (Lipinski definition) is 1. The summed E-state index contributed by atoms with van der Waals surface area (Å²) in [5.74, 6) is 3.01. The maximum atomic E-state index is 13.7. The molecule has 0 unspecified atom stereocenters. The predicted molar refractivity (Wildman–Crippen MR) is 163 cm³/mol. The van der Waals surface area contributed by atoms with Crippen LogP contribution in [0.25, 0.3) is 11.1 Å². The van der Waals surface area contributed by atoms with Crippen LogP contribution in [0.5, 0.6) is 5.75 Å². The van der Waals surface area contributed by atoms with Crippen molar-refractivity contribution in [3.8, 4) is 16.9 Å². The quantitative estimate of drug-likeness (QED) is 0.354. The summed E-state index contributed by atoms with van der Waals surface area (Å²) in [5.41, 5.74) is 1.21. The zero-order chi connectivity index (χ0) is 31.3. The number of piperazine rings is 1. The standard InChI is InChI=1S/C34H39F3N6O2/c1-41(21-33-15-22-8-23(16-33)10-24(9-22)17-33)32(45)30-2-3-31(40-39-30)43-6-4-42(5-7-43)20-25-11-26(13-28(12-25)34(35,36)37)27-14-29(44)19-38-18-27/h2-3,11-14,18-19,22-24,44H,4-10,15-17,20-21H2,1H3. The molecule has 3 heterocycles. The van der Waals surface area contributed by atoms with E-state index in [4.69, 9.17) is 0 Å². The van der Waals surface area contributed by atoms with Crippen LogP contribution in [0.1, 0.15) is 60.1 Å². The number of rotatable bonds is 7. The molecule has 1 amide bonds. The lowest BCUT2D eigenvalue weighted by Gasteiger charge is -2.57. The number of hydrogen-bond acceptors (Lipinski definition) is 7. The molecule has 45 heavy (non-hydrogen) atoms. The maximum absolute atomic E-state index is 13.7. The first-order valence-electron chi connectivity index (χ1n) is 15.9. The molecule has 5 aliphatic rings. The minimum Gasteiger partial charge on any atom is -0.506 e. The van der Waals surface area contributed by atoms with Gasteiger partial charge in [-0.2, -0.15) is 13.2 Å². The Hall–Kier alpha value is -3.73. The first kappa shape index (κ1) is 30.0. The number of anilines is 1. The van der Waals surface area contributed by atoms with E-state index in [0.717, 1.165) is 30.4 Å². The Labute approximate surface area is 261 Å². The van der Waals surface area contributed by atoms with Gasteiger partial charge in [-0.3, -0.25) is 14.7 Å². The topological polar surface area (TPSA) is 85.7 Å². The molecular formula is C34H39F3N6O2. The summed E-state index contributed by atoms with van der Waals surface area (Å²) in [6.45, 7) is 3.68. The molecule has 1 N–H and O–H groups in total. The molecule has 3 aromatic rings. The van der Waals surface area contributed by atoms with Crippen LogP contribution in [0.3, 0.4) is 0 Å². The molecule has 4 bridgehead atoms. The van der Waals surface area contributed by atoms with Gasteiger partial charge in [-0.1, -0.05) is 0 Å². The minimum absolute atomic E-state index is 0.0865. The summed E-state index contributed by atoms with van der Waals surface area (Å²) in [6, 6.07) is 9.01. The third-order valence-corrected chi connectivity index (χ3v) is 10.4. The van der Waals surface area contributed by atoms with Crippen molar-refractivity contribution in [2.45, 2.75) is 51.2 Å². The lowest BCUT2D eigenvalue weighted by molar-refractivity contribution is -0.137. The number of halogens is 3. The number of aromatic nitrogens is 3. The van der Waals surface area contributed by atoms with Gasteiger partial charge >= 0.3 is 6.18 Å².